The summed E-state index contributed by atoms with van der Waals surface area (Å²) in [5, 5.41) is 3.43. The molecule has 11 heteroatoms. The first-order valence-electron chi connectivity index (χ1n) is 14.7. The highest BCUT2D eigenvalue weighted by molar-refractivity contribution is 7.92. The molecule has 1 N–H and O–H groups in total. The van der Waals surface area contributed by atoms with E-state index in [1.165, 1.54) is 12.1 Å². The third kappa shape index (κ3) is 4.81. The van der Waals surface area contributed by atoms with Crippen LogP contribution < -0.4 is 15.1 Å². The van der Waals surface area contributed by atoms with Crippen LogP contribution in [0.2, 0.25) is 0 Å². The van der Waals surface area contributed by atoms with Gasteiger partial charge >= 0.3 is 0 Å². The van der Waals surface area contributed by atoms with E-state index in [0.29, 0.717) is 30.5 Å². The number of likely N-dealkylation sites (N-methyl/N-ethyl adjacent to an activating group) is 1. The molecule has 3 aromatic rings. The van der Waals surface area contributed by atoms with Crippen molar-refractivity contribution in [1.82, 2.24) is 19.9 Å². The summed E-state index contributed by atoms with van der Waals surface area (Å²) in [5.74, 6) is 2.52. The van der Waals surface area contributed by atoms with Gasteiger partial charge < -0.3 is 19.9 Å². The van der Waals surface area contributed by atoms with E-state index < -0.39 is 9.73 Å². The predicted octanol–water partition coefficient (Wildman–Crippen LogP) is 4.84. The molecule has 4 aliphatic rings. The second kappa shape index (κ2) is 9.62. The van der Waals surface area contributed by atoms with Gasteiger partial charge in [0, 0.05) is 76.0 Å². The van der Waals surface area contributed by atoms with Gasteiger partial charge in [-0.15, -0.1) is 0 Å². The molecule has 2 bridgehead atoms. The zero-order valence-corrected chi connectivity index (χ0v) is 26.1. The van der Waals surface area contributed by atoms with Crippen LogP contribution in [0.4, 0.5) is 34.8 Å². The van der Waals surface area contributed by atoms with Crippen LogP contribution in [0.25, 0.3) is 0 Å². The van der Waals surface area contributed by atoms with E-state index in [1.807, 2.05) is 18.3 Å². The summed E-state index contributed by atoms with van der Waals surface area (Å²) < 4.78 is 23.1. The van der Waals surface area contributed by atoms with Crippen molar-refractivity contribution >= 4 is 44.5 Å². The van der Waals surface area contributed by atoms with Crippen LogP contribution in [0, 0.1) is 0 Å². The molecule has 4 atom stereocenters. The molecule has 1 aromatic carbocycles. The Kier molecular flexibility index (Phi) is 6.31. The molecule has 0 radical (unpaired) electrons. The van der Waals surface area contributed by atoms with Gasteiger partial charge in [0.15, 0.2) is 5.82 Å². The molecule has 7 rings (SSSR count). The van der Waals surface area contributed by atoms with Crippen LogP contribution in [0.5, 0.6) is 0 Å². The van der Waals surface area contributed by atoms with Crippen molar-refractivity contribution < 1.29 is 8.95 Å². The lowest BCUT2D eigenvalue weighted by molar-refractivity contribution is -0.0893. The Labute approximate surface area is 248 Å². The minimum atomic E-state index is -2.35. The fraction of sp³-hybridized carbons (Fsp3) is 0.516. The number of nitrogens with zero attached hydrogens (tertiary/aromatic N) is 7. The van der Waals surface area contributed by atoms with Gasteiger partial charge in [-0.3, -0.25) is 4.90 Å². The topological polar surface area (TPSA) is 99.1 Å². The number of pyridine rings is 1. The van der Waals surface area contributed by atoms with Gasteiger partial charge in [-0.05, 0) is 70.1 Å². The number of likely N-dealkylation sites (tertiary alicyclic amines) is 1. The lowest BCUT2D eigenvalue weighted by atomic mass is 9.73. The molecule has 4 aliphatic heterocycles. The Morgan fingerprint density at radius 2 is 1.83 bits per heavy atom. The van der Waals surface area contributed by atoms with E-state index in [4.69, 9.17) is 19.7 Å². The highest BCUT2D eigenvalue weighted by Crippen LogP contribution is 2.53. The number of anilines is 5. The molecule has 2 aromatic heterocycles. The quantitative estimate of drug-likeness (QED) is 0.449. The number of piperazine rings is 1. The molecule has 0 spiro atoms. The summed E-state index contributed by atoms with van der Waals surface area (Å²) in [4.78, 5) is 21.9. The lowest BCUT2D eigenvalue weighted by Crippen LogP contribution is -2.54. The second-order valence-corrected chi connectivity index (χ2v) is 16.0. The summed E-state index contributed by atoms with van der Waals surface area (Å²) in [6.07, 6.45) is 7.22. The minimum Gasteiger partial charge on any atom is -0.374 e. The van der Waals surface area contributed by atoms with Crippen LogP contribution >= 0.6 is 0 Å². The fourth-order valence-electron chi connectivity index (χ4n) is 7.13. The molecule has 42 heavy (non-hydrogen) atoms. The maximum atomic E-state index is 12.4. The number of fused-ring (bicyclic) bond motifs is 5. The molecule has 0 aliphatic carbocycles. The second-order valence-electron chi connectivity index (χ2n) is 13.4. The van der Waals surface area contributed by atoms with Crippen molar-refractivity contribution in [2.75, 3.05) is 54.4 Å². The van der Waals surface area contributed by atoms with Crippen molar-refractivity contribution in [2.45, 2.75) is 62.8 Å². The Morgan fingerprint density at radius 1 is 1.05 bits per heavy atom. The zero-order chi connectivity index (χ0) is 29.4. The molecule has 3 saturated heterocycles. The summed E-state index contributed by atoms with van der Waals surface area (Å²) >= 11 is 0. The van der Waals surface area contributed by atoms with Gasteiger partial charge in [0.2, 0.25) is 5.95 Å². The molecule has 0 unspecified atom stereocenters. The van der Waals surface area contributed by atoms with Crippen molar-refractivity contribution in [3.8, 4) is 0 Å². The van der Waals surface area contributed by atoms with Crippen LogP contribution in [-0.2, 0) is 19.9 Å². The third-order valence-electron chi connectivity index (χ3n) is 9.36. The van der Waals surface area contributed by atoms with Crippen LogP contribution in [0.3, 0.4) is 0 Å². The Balaban J connectivity index is 1.21. The van der Waals surface area contributed by atoms with E-state index >= 15 is 0 Å². The number of nitrogens with one attached hydrogen (secondary N) is 1. The number of benzene rings is 1. The highest BCUT2D eigenvalue weighted by atomic mass is 32.2. The number of rotatable bonds is 5. The number of aromatic nitrogens is 3. The smallest absolute Gasteiger partial charge is 0.229 e. The Hall–Kier alpha value is -3.28. The van der Waals surface area contributed by atoms with Gasteiger partial charge in [-0.1, -0.05) is 13.0 Å². The standard InChI is InChI=1S/C31H40N8O2S/c1-30(2)15-25-31(3,19-41-30)24-16-32-29(35-28(24)39(25)27-9-7-8-26(34-27)36-42(5,6)40)33-20-10-12-21(13-11-20)38-18-22-14-23(38)17-37(22)4/h7-13,16,22-23,25H,14-15,17-19H2,1-6H3,(H,32,33,35)/t22-,23-,25-,31-/m0/s1. The Bertz CT molecular complexity index is 1640. The largest absolute Gasteiger partial charge is 0.374 e. The molecule has 222 valence electrons. The van der Waals surface area contributed by atoms with E-state index in [-0.39, 0.29) is 17.1 Å². The SMILES string of the molecule is CN1C[C@@H]2C[C@H]1CN2c1ccc(Nc2ncc3c(n2)N(c2cccc(N=S(C)(C)=O)n2)[C@H]2CC(C)(C)OC[C@@]32C)cc1. The maximum Gasteiger partial charge on any atom is 0.229 e. The molecule has 0 amide bonds. The molecular weight excluding hydrogens is 548 g/mol. The van der Waals surface area contributed by atoms with Gasteiger partial charge in [0.05, 0.1) is 18.2 Å². The Morgan fingerprint density at radius 3 is 2.52 bits per heavy atom. The lowest BCUT2D eigenvalue weighted by Gasteiger charge is -2.46. The summed E-state index contributed by atoms with van der Waals surface area (Å²) in [7, 11) is -0.125. The molecule has 3 fully saturated rings. The van der Waals surface area contributed by atoms with Crippen LogP contribution in [0.1, 0.15) is 39.2 Å². The minimum absolute atomic E-state index is 0.0604. The normalized spacial score (nSPS) is 28.1. The first-order valence-corrected chi connectivity index (χ1v) is 17.0. The third-order valence-corrected chi connectivity index (χ3v) is 9.98. The number of ether oxygens (including phenoxy) is 1. The molecule has 0 saturated carbocycles. The number of hydrogen-bond donors (Lipinski definition) is 1. The summed E-state index contributed by atoms with van der Waals surface area (Å²) in [5.41, 5.74) is 2.63. The van der Waals surface area contributed by atoms with Gasteiger partial charge in [0.25, 0.3) is 0 Å². The maximum absolute atomic E-state index is 12.4. The van der Waals surface area contributed by atoms with E-state index in [9.17, 15) is 4.21 Å². The molecule has 6 heterocycles. The first-order chi connectivity index (χ1) is 19.9. The van der Waals surface area contributed by atoms with Crippen LogP contribution in [-0.4, -0.2) is 87.0 Å². The summed E-state index contributed by atoms with van der Waals surface area (Å²) in [6.45, 7) is 9.26. The van der Waals surface area contributed by atoms with Gasteiger partial charge in [-0.2, -0.15) is 9.35 Å². The first kappa shape index (κ1) is 27.5. The molecular formula is C31H40N8O2S. The monoisotopic (exact) mass is 588 g/mol. The average Bonchev–Trinajstić information content (AvgIpc) is 3.57. The van der Waals surface area contributed by atoms with Crippen LogP contribution in [0.15, 0.2) is 53.0 Å². The predicted molar refractivity (Wildman–Crippen MR) is 168 cm³/mol. The van der Waals surface area contributed by atoms with Crippen molar-refractivity contribution in [2.24, 2.45) is 4.36 Å². The van der Waals surface area contributed by atoms with E-state index in [2.05, 4.69) is 76.5 Å². The average molecular weight is 589 g/mol. The van der Waals surface area contributed by atoms with Gasteiger partial charge in [0.1, 0.15) is 11.6 Å². The fourth-order valence-corrected chi connectivity index (χ4v) is 7.68. The summed E-state index contributed by atoms with van der Waals surface area (Å²) in [6, 6.07) is 15.6. The van der Waals surface area contributed by atoms with Crippen molar-refractivity contribution in [3.63, 3.8) is 0 Å². The van der Waals surface area contributed by atoms with Crippen molar-refractivity contribution in [1.29, 1.82) is 0 Å². The number of hydrogen-bond acceptors (Lipinski definition) is 10. The van der Waals surface area contributed by atoms with Crippen molar-refractivity contribution in [3.05, 3.63) is 54.2 Å². The highest BCUT2D eigenvalue weighted by Gasteiger charge is 2.55. The zero-order valence-electron chi connectivity index (χ0n) is 25.2. The van der Waals surface area contributed by atoms with Gasteiger partial charge in [-0.25, -0.2) is 14.2 Å². The van der Waals surface area contributed by atoms with E-state index in [1.54, 1.807) is 18.6 Å². The molecule has 10 nitrogen and oxygen atoms in total. The van der Waals surface area contributed by atoms with E-state index in [0.717, 1.165) is 42.4 Å².